The van der Waals surface area contributed by atoms with E-state index in [-0.39, 0.29) is 47.2 Å². The van der Waals surface area contributed by atoms with Gasteiger partial charge in [0.25, 0.3) is 5.91 Å². The fourth-order valence-electron chi connectivity index (χ4n) is 5.39. The Balaban J connectivity index is 1.13. The average molecular weight is 508 g/mol. The number of hydrogen-bond donors (Lipinski definition) is 2. The van der Waals surface area contributed by atoms with Gasteiger partial charge in [-0.25, -0.2) is 14.4 Å². The van der Waals surface area contributed by atoms with Crippen molar-refractivity contribution in [1.82, 2.24) is 20.3 Å². The lowest BCUT2D eigenvalue weighted by Crippen LogP contribution is -2.61. The van der Waals surface area contributed by atoms with E-state index in [1.807, 2.05) is 6.07 Å². The number of nitrogens with one attached hydrogen (secondary N) is 2. The first-order chi connectivity index (χ1) is 17.9. The Morgan fingerprint density at radius 2 is 2.03 bits per heavy atom. The molecule has 1 amide bonds. The Bertz CT molecular complexity index is 1390. The summed E-state index contributed by atoms with van der Waals surface area (Å²) in [7, 11) is 1.47. The van der Waals surface area contributed by atoms with Crippen molar-refractivity contribution in [2.45, 2.75) is 49.8 Å². The monoisotopic (exact) mass is 507 g/mol. The molecule has 7 rings (SSSR count). The number of Topliss-reactive ketones (excluding diaryl/α,β-unsaturated/α-hetero) is 1. The zero-order valence-electron chi connectivity index (χ0n) is 20.3. The average Bonchev–Trinajstić information content (AvgIpc) is 2.92. The van der Waals surface area contributed by atoms with E-state index in [4.69, 9.17) is 14.2 Å². The van der Waals surface area contributed by atoms with Gasteiger partial charge < -0.3 is 24.8 Å². The molecule has 37 heavy (non-hydrogen) atoms. The number of amides is 1. The Kier molecular flexibility index (Phi) is 5.76. The van der Waals surface area contributed by atoms with Gasteiger partial charge in [-0.2, -0.15) is 0 Å². The molecule has 0 atom stereocenters. The summed E-state index contributed by atoms with van der Waals surface area (Å²) in [5.41, 5.74) is 0.471. The number of hydrogen-bond acceptors (Lipinski definition) is 9. The number of halogens is 1. The Morgan fingerprint density at radius 3 is 2.78 bits per heavy atom. The molecule has 2 saturated heterocycles. The second-order valence-corrected chi connectivity index (χ2v) is 9.89. The topological polar surface area (TPSA) is 125 Å². The summed E-state index contributed by atoms with van der Waals surface area (Å²) in [5, 5.41) is 6.31. The molecule has 4 aliphatic rings. The summed E-state index contributed by atoms with van der Waals surface area (Å²) in [6, 6.07) is 6.96. The normalized spacial score (nSPS) is 24.3. The highest BCUT2D eigenvalue weighted by Gasteiger charge is 2.50. The molecule has 1 saturated carbocycles. The highest BCUT2D eigenvalue weighted by atomic mass is 19.1. The minimum atomic E-state index is -0.698. The van der Waals surface area contributed by atoms with Gasteiger partial charge in [-0.3, -0.25) is 14.6 Å². The van der Waals surface area contributed by atoms with Crippen LogP contribution in [0.4, 0.5) is 10.2 Å². The van der Waals surface area contributed by atoms with E-state index >= 15 is 0 Å². The third-order valence-electron chi connectivity index (χ3n) is 7.56. The molecule has 0 spiro atoms. The number of anilines is 1. The number of rotatable bonds is 7. The van der Waals surface area contributed by atoms with Gasteiger partial charge in [-0.05, 0) is 43.9 Å². The van der Waals surface area contributed by atoms with Crippen molar-refractivity contribution >= 4 is 28.5 Å². The number of fused-ring (bicyclic) bond motifs is 5. The van der Waals surface area contributed by atoms with E-state index in [2.05, 4.69) is 25.6 Å². The van der Waals surface area contributed by atoms with Crippen molar-refractivity contribution in [3.8, 4) is 11.6 Å². The van der Waals surface area contributed by atoms with E-state index in [0.29, 0.717) is 43.1 Å². The molecule has 6 heterocycles. The van der Waals surface area contributed by atoms with Crippen LogP contribution in [0.3, 0.4) is 0 Å². The zero-order chi connectivity index (χ0) is 25.6. The molecule has 3 aromatic heterocycles. The van der Waals surface area contributed by atoms with E-state index in [9.17, 15) is 14.0 Å². The molecule has 1 aliphatic carbocycles. The van der Waals surface area contributed by atoms with Crippen LogP contribution < -0.4 is 20.1 Å². The molecule has 10 nitrogen and oxygen atoms in total. The van der Waals surface area contributed by atoms with Gasteiger partial charge in [0.2, 0.25) is 5.88 Å². The predicted molar refractivity (Wildman–Crippen MR) is 130 cm³/mol. The summed E-state index contributed by atoms with van der Waals surface area (Å²) in [5.74, 6) is 0.000681. The minimum Gasteiger partial charge on any atom is -0.481 e. The quantitative estimate of drug-likeness (QED) is 0.465. The van der Waals surface area contributed by atoms with Crippen LogP contribution >= 0.6 is 0 Å². The number of nitrogens with zero attached hydrogens (tertiary/aromatic N) is 3. The largest absolute Gasteiger partial charge is 0.481 e. The highest BCUT2D eigenvalue weighted by molar-refractivity contribution is 6.06. The predicted octanol–water partition coefficient (Wildman–Crippen LogP) is 2.95. The number of ketones is 1. The van der Waals surface area contributed by atoms with Gasteiger partial charge >= 0.3 is 0 Å². The van der Waals surface area contributed by atoms with Crippen LogP contribution in [-0.2, 0) is 16.1 Å². The third-order valence-corrected chi connectivity index (χ3v) is 7.56. The third kappa shape index (κ3) is 4.38. The van der Waals surface area contributed by atoms with Crippen LogP contribution in [0.1, 0.15) is 48.2 Å². The van der Waals surface area contributed by atoms with Crippen molar-refractivity contribution in [3.63, 3.8) is 0 Å². The number of carbonyl (C=O) groups excluding carboxylic acids is 2. The molecule has 0 unspecified atom stereocenters. The second kappa shape index (κ2) is 9.00. The summed E-state index contributed by atoms with van der Waals surface area (Å²) in [6.45, 7) is 0.933. The first-order valence-electron chi connectivity index (χ1n) is 12.2. The van der Waals surface area contributed by atoms with E-state index < -0.39 is 11.4 Å². The molecule has 0 aromatic carbocycles. The molecular weight excluding hydrogens is 481 g/mol. The molecule has 3 fully saturated rings. The van der Waals surface area contributed by atoms with Crippen LogP contribution in [-0.4, -0.2) is 58.1 Å². The zero-order valence-corrected chi connectivity index (χ0v) is 20.3. The Labute approximate surface area is 211 Å². The van der Waals surface area contributed by atoms with Crippen LogP contribution in [0.15, 0.2) is 30.5 Å². The van der Waals surface area contributed by atoms with Gasteiger partial charge in [0.05, 0.1) is 42.3 Å². The van der Waals surface area contributed by atoms with Crippen LogP contribution in [0.5, 0.6) is 11.6 Å². The summed E-state index contributed by atoms with van der Waals surface area (Å²) in [4.78, 5) is 37.8. The SMILES string of the molecule is COc1ccc2ncc(F)c(C(=O)CC34CCC(NCc5ccc6c(n5)NC(=O)CO6)(CC3)CO4)c2n1. The molecule has 0 radical (unpaired) electrons. The van der Waals surface area contributed by atoms with Crippen molar-refractivity contribution in [1.29, 1.82) is 0 Å². The van der Waals surface area contributed by atoms with Gasteiger partial charge in [0.15, 0.2) is 29.8 Å². The maximum Gasteiger partial charge on any atom is 0.263 e. The summed E-state index contributed by atoms with van der Waals surface area (Å²) in [6.07, 6.45) is 4.12. The number of carbonyl (C=O) groups is 2. The first-order valence-corrected chi connectivity index (χ1v) is 12.2. The molecule has 11 heteroatoms. The summed E-state index contributed by atoms with van der Waals surface area (Å²) >= 11 is 0. The lowest BCUT2D eigenvalue weighted by molar-refractivity contribution is -0.160. The summed E-state index contributed by atoms with van der Waals surface area (Å²) < 4.78 is 31.6. The smallest absolute Gasteiger partial charge is 0.263 e. The second-order valence-electron chi connectivity index (χ2n) is 9.89. The molecular formula is C26H26FN5O5. The molecule has 2 bridgehead atoms. The maximum absolute atomic E-state index is 14.8. The lowest BCUT2D eigenvalue weighted by Gasteiger charge is -2.53. The maximum atomic E-state index is 14.8. The van der Waals surface area contributed by atoms with Gasteiger partial charge in [0, 0.05) is 24.6 Å². The number of aromatic nitrogens is 3. The van der Waals surface area contributed by atoms with E-state index in [0.717, 1.165) is 24.7 Å². The van der Waals surface area contributed by atoms with Crippen LogP contribution in [0.25, 0.3) is 11.0 Å². The Hall–Kier alpha value is -3.70. The number of methoxy groups -OCH3 is 1. The van der Waals surface area contributed by atoms with E-state index in [1.165, 1.54) is 7.11 Å². The standard InChI is InChI=1S/C26H26FN5O5/c1-35-21-5-3-17-23(32-21)22(16(27)12-28-17)18(33)10-26-8-6-25(7-9-26,14-37-26)29-11-15-2-4-19-24(30-15)31-20(34)13-36-19/h2-5,12,29H,6-11,13-14H2,1H3,(H,30,31,34). The number of ether oxygens (including phenoxy) is 3. The lowest BCUT2D eigenvalue weighted by atomic mass is 9.69. The molecule has 192 valence electrons. The van der Waals surface area contributed by atoms with Crippen molar-refractivity contribution in [2.75, 3.05) is 25.6 Å². The van der Waals surface area contributed by atoms with Gasteiger partial charge in [0.1, 0.15) is 5.52 Å². The minimum absolute atomic E-state index is 0.00822. The van der Waals surface area contributed by atoms with Crippen molar-refractivity contribution in [3.05, 3.63) is 47.5 Å². The van der Waals surface area contributed by atoms with Gasteiger partial charge in [-0.1, -0.05) is 0 Å². The molecule has 3 aromatic rings. The molecule has 3 aliphatic heterocycles. The van der Waals surface area contributed by atoms with Crippen molar-refractivity contribution < 1.29 is 28.2 Å². The van der Waals surface area contributed by atoms with Gasteiger partial charge in [-0.15, -0.1) is 0 Å². The highest BCUT2D eigenvalue weighted by Crippen LogP contribution is 2.46. The van der Waals surface area contributed by atoms with Crippen LogP contribution in [0.2, 0.25) is 0 Å². The molecule has 2 N–H and O–H groups in total. The Morgan fingerprint density at radius 1 is 1.19 bits per heavy atom. The van der Waals surface area contributed by atoms with Crippen LogP contribution in [0, 0.1) is 5.82 Å². The van der Waals surface area contributed by atoms with E-state index in [1.54, 1.807) is 18.2 Å². The first kappa shape index (κ1) is 23.7. The van der Waals surface area contributed by atoms with Crippen molar-refractivity contribution in [2.24, 2.45) is 0 Å². The number of pyridine rings is 3. The fourth-order valence-corrected chi connectivity index (χ4v) is 5.39. The fraction of sp³-hybridized carbons (Fsp3) is 0.423.